The predicted molar refractivity (Wildman–Crippen MR) is 110 cm³/mol. The van der Waals surface area contributed by atoms with Crippen LogP contribution in [0, 0.1) is 6.92 Å². The van der Waals surface area contributed by atoms with Gasteiger partial charge >= 0.3 is 5.97 Å². The number of nitrogens with one attached hydrogen (secondary N) is 1. The van der Waals surface area contributed by atoms with Gasteiger partial charge in [0.05, 0.1) is 19.2 Å². The molecule has 29 heavy (non-hydrogen) atoms. The molecule has 0 aliphatic carbocycles. The summed E-state index contributed by atoms with van der Waals surface area (Å²) >= 11 is 0. The van der Waals surface area contributed by atoms with Gasteiger partial charge < -0.3 is 19.5 Å². The average molecular weight is 394 g/mol. The fraction of sp³-hybridized carbons (Fsp3) is 0.227. The van der Waals surface area contributed by atoms with Crippen LogP contribution in [0.3, 0.4) is 0 Å². The number of methoxy groups -OCH3 is 1. The lowest BCUT2D eigenvalue weighted by Crippen LogP contribution is -2.20. The number of hydrogen-bond acceptors (Lipinski definition) is 6. The van der Waals surface area contributed by atoms with E-state index in [9.17, 15) is 9.59 Å². The fourth-order valence-electron chi connectivity index (χ4n) is 2.78. The van der Waals surface area contributed by atoms with Crippen molar-refractivity contribution in [2.45, 2.75) is 13.8 Å². The number of ether oxygens (including phenoxy) is 3. The van der Waals surface area contributed by atoms with E-state index in [0.717, 1.165) is 11.3 Å². The van der Waals surface area contributed by atoms with E-state index >= 15 is 0 Å². The van der Waals surface area contributed by atoms with Crippen molar-refractivity contribution in [1.29, 1.82) is 0 Å². The van der Waals surface area contributed by atoms with Crippen LogP contribution in [0.15, 0.2) is 48.5 Å². The lowest BCUT2D eigenvalue weighted by atomic mass is 10.1. The Labute approximate surface area is 168 Å². The molecule has 0 saturated heterocycles. The standard InChI is InChI=1S/C22H22N2O5/c1-4-28-16-8-6-15(7-9-16)23-21(25)13-29-20-12-19(22(26)27-3)24-18-10-5-14(2)11-17(18)20/h5-12H,4,13H2,1-3H3,(H,23,25). The number of rotatable bonds is 7. The molecule has 0 aliphatic rings. The normalized spacial score (nSPS) is 10.4. The van der Waals surface area contributed by atoms with E-state index in [0.29, 0.717) is 28.9 Å². The molecule has 0 aliphatic heterocycles. The van der Waals surface area contributed by atoms with Gasteiger partial charge in [0, 0.05) is 17.1 Å². The number of benzene rings is 2. The summed E-state index contributed by atoms with van der Waals surface area (Å²) < 4.78 is 15.9. The number of amides is 1. The molecule has 1 aromatic heterocycles. The summed E-state index contributed by atoms with van der Waals surface area (Å²) in [5.74, 6) is 0.221. The van der Waals surface area contributed by atoms with Crippen LogP contribution < -0.4 is 14.8 Å². The average Bonchev–Trinajstić information content (AvgIpc) is 2.73. The molecule has 1 heterocycles. The number of pyridine rings is 1. The molecule has 7 heteroatoms. The van der Waals surface area contributed by atoms with E-state index in [4.69, 9.17) is 14.2 Å². The number of aromatic nitrogens is 1. The van der Waals surface area contributed by atoms with Gasteiger partial charge in [-0.3, -0.25) is 4.79 Å². The third-order valence-electron chi connectivity index (χ3n) is 4.13. The Morgan fingerprint density at radius 3 is 2.48 bits per heavy atom. The number of fused-ring (bicyclic) bond motifs is 1. The number of hydrogen-bond donors (Lipinski definition) is 1. The molecule has 0 fully saturated rings. The lowest BCUT2D eigenvalue weighted by molar-refractivity contribution is -0.118. The Morgan fingerprint density at radius 2 is 1.79 bits per heavy atom. The van der Waals surface area contributed by atoms with Crippen molar-refractivity contribution in [3.63, 3.8) is 0 Å². The van der Waals surface area contributed by atoms with Crippen molar-refractivity contribution >= 4 is 28.5 Å². The zero-order chi connectivity index (χ0) is 20.8. The van der Waals surface area contributed by atoms with Gasteiger partial charge in [0.2, 0.25) is 0 Å². The summed E-state index contributed by atoms with van der Waals surface area (Å²) in [6, 6.07) is 14.1. The first-order valence-electron chi connectivity index (χ1n) is 9.15. The minimum atomic E-state index is -0.573. The smallest absolute Gasteiger partial charge is 0.356 e. The van der Waals surface area contributed by atoms with E-state index in [1.54, 1.807) is 30.3 Å². The second kappa shape index (κ2) is 9.05. The van der Waals surface area contributed by atoms with Gasteiger partial charge in [0.15, 0.2) is 12.3 Å². The van der Waals surface area contributed by atoms with Gasteiger partial charge in [-0.15, -0.1) is 0 Å². The van der Waals surface area contributed by atoms with Crippen molar-refractivity contribution in [3.8, 4) is 11.5 Å². The van der Waals surface area contributed by atoms with Crippen LogP contribution in [0.5, 0.6) is 11.5 Å². The highest BCUT2D eigenvalue weighted by atomic mass is 16.5. The number of aryl methyl sites for hydroxylation is 1. The monoisotopic (exact) mass is 394 g/mol. The second-order valence-corrected chi connectivity index (χ2v) is 6.31. The van der Waals surface area contributed by atoms with Gasteiger partial charge in [0.1, 0.15) is 11.5 Å². The van der Waals surface area contributed by atoms with Gasteiger partial charge in [-0.1, -0.05) is 11.6 Å². The van der Waals surface area contributed by atoms with Crippen LogP contribution in [0.1, 0.15) is 23.0 Å². The molecule has 150 valence electrons. The SMILES string of the molecule is CCOc1ccc(NC(=O)COc2cc(C(=O)OC)nc3ccc(C)cc23)cc1. The Balaban J connectivity index is 1.75. The maximum absolute atomic E-state index is 12.3. The molecular weight excluding hydrogens is 372 g/mol. The molecule has 0 radical (unpaired) electrons. The molecule has 0 unspecified atom stereocenters. The number of nitrogens with zero attached hydrogens (tertiary/aromatic N) is 1. The van der Waals surface area contributed by atoms with E-state index < -0.39 is 5.97 Å². The Hall–Kier alpha value is -3.61. The highest BCUT2D eigenvalue weighted by Crippen LogP contribution is 2.27. The predicted octanol–water partition coefficient (Wildman–Crippen LogP) is 3.75. The topological polar surface area (TPSA) is 86.8 Å². The molecule has 2 aromatic carbocycles. The summed E-state index contributed by atoms with van der Waals surface area (Å²) in [5.41, 5.74) is 2.34. The molecule has 0 saturated carbocycles. The van der Waals surface area contributed by atoms with Gasteiger partial charge in [0.25, 0.3) is 5.91 Å². The van der Waals surface area contributed by atoms with Crippen LogP contribution >= 0.6 is 0 Å². The number of carbonyl (C=O) groups excluding carboxylic acids is 2. The van der Waals surface area contributed by atoms with Gasteiger partial charge in [-0.2, -0.15) is 0 Å². The molecule has 0 bridgehead atoms. The quantitative estimate of drug-likeness (QED) is 0.614. The minimum Gasteiger partial charge on any atom is -0.494 e. The summed E-state index contributed by atoms with van der Waals surface area (Å²) in [5, 5.41) is 3.48. The minimum absolute atomic E-state index is 0.116. The van der Waals surface area contributed by atoms with Crippen molar-refractivity contribution in [3.05, 3.63) is 59.8 Å². The maximum Gasteiger partial charge on any atom is 0.356 e. The number of esters is 1. The summed E-state index contributed by atoms with van der Waals surface area (Å²) in [6.45, 7) is 4.20. The van der Waals surface area contributed by atoms with Gasteiger partial charge in [-0.25, -0.2) is 9.78 Å². The van der Waals surface area contributed by atoms with Crippen LogP contribution in [0.25, 0.3) is 10.9 Å². The summed E-state index contributed by atoms with van der Waals surface area (Å²) in [6.07, 6.45) is 0. The Bertz CT molecular complexity index is 1030. The van der Waals surface area contributed by atoms with Crippen LogP contribution in [-0.4, -0.2) is 37.2 Å². The van der Waals surface area contributed by atoms with Gasteiger partial charge in [-0.05, 0) is 50.2 Å². The first-order chi connectivity index (χ1) is 14.0. The Kier molecular flexibility index (Phi) is 6.29. The maximum atomic E-state index is 12.3. The van der Waals surface area contributed by atoms with Crippen molar-refractivity contribution in [2.75, 3.05) is 25.6 Å². The molecule has 7 nitrogen and oxygen atoms in total. The highest BCUT2D eigenvalue weighted by molar-refractivity contribution is 5.95. The van der Waals surface area contributed by atoms with Crippen LogP contribution in [-0.2, 0) is 9.53 Å². The summed E-state index contributed by atoms with van der Waals surface area (Å²) in [4.78, 5) is 28.5. The molecule has 3 rings (SSSR count). The molecule has 0 spiro atoms. The fourth-order valence-corrected chi connectivity index (χ4v) is 2.78. The van der Waals surface area contributed by atoms with E-state index in [2.05, 4.69) is 10.3 Å². The molecular formula is C22H22N2O5. The molecule has 1 N–H and O–H groups in total. The van der Waals surface area contributed by atoms with Crippen molar-refractivity contribution in [1.82, 2.24) is 4.98 Å². The van der Waals surface area contributed by atoms with Crippen molar-refractivity contribution < 1.29 is 23.8 Å². The second-order valence-electron chi connectivity index (χ2n) is 6.31. The Morgan fingerprint density at radius 1 is 1.03 bits per heavy atom. The molecule has 1 amide bonds. The number of carbonyl (C=O) groups is 2. The van der Waals surface area contributed by atoms with E-state index in [-0.39, 0.29) is 18.2 Å². The van der Waals surface area contributed by atoms with Crippen molar-refractivity contribution in [2.24, 2.45) is 0 Å². The molecule has 3 aromatic rings. The third kappa shape index (κ3) is 5.01. The lowest BCUT2D eigenvalue weighted by Gasteiger charge is -2.12. The summed E-state index contributed by atoms with van der Waals surface area (Å²) in [7, 11) is 1.29. The zero-order valence-corrected chi connectivity index (χ0v) is 16.5. The third-order valence-corrected chi connectivity index (χ3v) is 4.13. The highest BCUT2D eigenvalue weighted by Gasteiger charge is 2.14. The first kappa shape index (κ1) is 20.1. The molecule has 0 atom stereocenters. The van der Waals surface area contributed by atoms with E-state index in [1.165, 1.54) is 13.2 Å². The van der Waals surface area contributed by atoms with Crippen LogP contribution in [0.2, 0.25) is 0 Å². The first-order valence-corrected chi connectivity index (χ1v) is 9.15. The van der Waals surface area contributed by atoms with Crippen LogP contribution in [0.4, 0.5) is 5.69 Å². The largest absolute Gasteiger partial charge is 0.494 e. The zero-order valence-electron chi connectivity index (χ0n) is 16.5. The van der Waals surface area contributed by atoms with E-state index in [1.807, 2.05) is 26.0 Å². The number of anilines is 1.